The number of aryl methyl sites for hydroxylation is 1. The summed E-state index contributed by atoms with van der Waals surface area (Å²) in [5, 5.41) is 0.0561. The second-order valence-electron chi connectivity index (χ2n) is 4.89. The van der Waals surface area contributed by atoms with E-state index in [0.29, 0.717) is 5.56 Å². The first kappa shape index (κ1) is 12.6. The Hall–Kier alpha value is -0.500. The van der Waals surface area contributed by atoms with Crippen molar-refractivity contribution < 1.29 is 14.0 Å². The Morgan fingerprint density at radius 1 is 1.20 bits per heavy atom. The van der Waals surface area contributed by atoms with Crippen LogP contribution in [0.3, 0.4) is 0 Å². The minimum absolute atomic E-state index is 0.0561. The average molecular weight is 232 g/mol. The summed E-state index contributed by atoms with van der Waals surface area (Å²) in [4.78, 5) is 18.3. The van der Waals surface area contributed by atoms with Crippen molar-refractivity contribution in [2.24, 2.45) is 0 Å². The number of hydrogen-bond acceptors (Lipinski definition) is 2. The van der Waals surface area contributed by atoms with Crippen molar-refractivity contribution in [1.29, 1.82) is 0 Å². The van der Waals surface area contributed by atoms with Crippen LogP contribution >= 0.6 is 8.03 Å². The summed E-state index contributed by atoms with van der Waals surface area (Å²) in [6.45, 7) is 7.66. The molecular weight excluding hydrogens is 214 g/mol. The van der Waals surface area contributed by atoms with Crippen LogP contribution in [0, 0.1) is 6.92 Å². The second-order valence-corrected chi connectivity index (χ2v) is 6.60. The number of hydrogen-bond donors (Lipinski definition) is 2. The molecule has 0 saturated heterocycles. The van der Waals surface area contributed by atoms with E-state index in [-0.39, 0.29) is 10.7 Å². The molecule has 1 rings (SSSR count). The number of rotatable bonds is 1. The first-order chi connectivity index (χ1) is 6.62. The van der Waals surface area contributed by atoms with E-state index in [1.54, 1.807) is 6.07 Å². The van der Waals surface area contributed by atoms with Crippen molar-refractivity contribution in [3.63, 3.8) is 0 Å². The predicted molar refractivity (Wildman–Crippen MR) is 63.4 cm³/mol. The van der Waals surface area contributed by atoms with E-state index in [4.69, 9.17) is 9.79 Å². The van der Waals surface area contributed by atoms with Crippen LogP contribution in [-0.2, 0) is 5.41 Å². The van der Waals surface area contributed by atoms with Crippen LogP contribution in [-0.4, -0.2) is 9.79 Å². The van der Waals surface area contributed by atoms with E-state index in [0.717, 1.165) is 5.56 Å². The third-order valence-corrected chi connectivity index (χ3v) is 3.45. The van der Waals surface area contributed by atoms with Crippen LogP contribution < -0.4 is 5.30 Å². The van der Waals surface area contributed by atoms with Crippen LogP contribution in [0.5, 0.6) is 0 Å². The molecule has 0 radical (unpaired) electrons. The molecule has 1 aromatic carbocycles. The van der Waals surface area contributed by atoms with Gasteiger partial charge in [0.25, 0.3) is 0 Å². The van der Waals surface area contributed by atoms with Crippen molar-refractivity contribution >= 4 is 13.3 Å². The molecule has 0 fully saturated rings. The van der Waals surface area contributed by atoms with E-state index >= 15 is 0 Å². The van der Waals surface area contributed by atoms with Crippen molar-refractivity contribution in [2.45, 2.75) is 33.1 Å². The predicted octanol–water partition coefficient (Wildman–Crippen LogP) is 2.37. The summed E-state index contributed by atoms with van der Waals surface area (Å²) in [6.07, 6.45) is 0. The van der Waals surface area contributed by atoms with Crippen molar-refractivity contribution in [3.8, 4) is 0 Å². The van der Waals surface area contributed by atoms with Crippen LogP contribution in [0.25, 0.3) is 0 Å². The summed E-state index contributed by atoms with van der Waals surface area (Å²) < 4.78 is 13.3. The standard InChI is InChI=1S/C11H18FO2P/c1-8-5-6-10(15(12,13)14)9(7-8)11(2,3)4/h5-7,13-15H,1-4H3. The molecule has 0 aliphatic rings. The molecule has 15 heavy (non-hydrogen) atoms. The van der Waals surface area contributed by atoms with Crippen molar-refractivity contribution in [3.05, 3.63) is 29.3 Å². The SMILES string of the molecule is Cc1ccc([PH](O)(O)F)c(C(C)(C)C)c1. The molecule has 4 heteroatoms. The first-order valence-corrected chi connectivity index (χ1v) is 6.65. The van der Waals surface area contributed by atoms with Gasteiger partial charge in [-0.15, -0.1) is 0 Å². The van der Waals surface area contributed by atoms with Crippen LogP contribution in [0.1, 0.15) is 31.9 Å². The first-order valence-electron chi connectivity index (χ1n) is 4.87. The Morgan fingerprint density at radius 2 is 1.73 bits per heavy atom. The van der Waals surface area contributed by atoms with Gasteiger partial charge < -0.3 is 0 Å². The molecule has 0 atom stereocenters. The molecule has 0 aliphatic carbocycles. The Kier molecular flexibility index (Phi) is 3.20. The fourth-order valence-corrected chi connectivity index (χ4v) is 2.64. The van der Waals surface area contributed by atoms with Gasteiger partial charge in [-0.3, -0.25) is 0 Å². The maximum atomic E-state index is 13.3. The Balaban J connectivity index is 3.41. The molecule has 0 aromatic heterocycles. The monoisotopic (exact) mass is 232 g/mol. The van der Waals surface area contributed by atoms with E-state index in [1.165, 1.54) is 6.07 Å². The fourth-order valence-electron chi connectivity index (χ4n) is 1.56. The molecule has 0 heterocycles. The quantitative estimate of drug-likeness (QED) is 0.730. The van der Waals surface area contributed by atoms with Crippen molar-refractivity contribution in [2.75, 3.05) is 0 Å². The summed E-state index contributed by atoms with van der Waals surface area (Å²) in [5.74, 6) is 0. The van der Waals surface area contributed by atoms with E-state index in [9.17, 15) is 4.20 Å². The maximum absolute atomic E-state index is 13.3. The number of halogens is 1. The molecule has 1 aromatic rings. The van der Waals surface area contributed by atoms with Gasteiger partial charge in [-0.25, -0.2) is 0 Å². The van der Waals surface area contributed by atoms with Gasteiger partial charge in [0.1, 0.15) is 0 Å². The second kappa shape index (κ2) is 3.82. The Labute approximate surface area is 90.4 Å². The Bertz CT molecular complexity index is 364. The van der Waals surface area contributed by atoms with Gasteiger partial charge in [-0.05, 0) is 0 Å². The summed E-state index contributed by atoms with van der Waals surface area (Å²) in [7, 11) is -4.71. The molecule has 2 nitrogen and oxygen atoms in total. The van der Waals surface area contributed by atoms with E-state index in [2.05, 4.69) is 0 Å². The normalized spacial score (nSPS) is 14.1. The van der Waals surface area contributed by atoms with Crippen LogP contribution in [0.2, 0.25) is 0 Å². The minimum atomic E-state index is -4.71. The molecule has 0 aliphatic heterocycles. The molecular formula is C11H18FO2P. The van der Waals surface area contributed by atoms with Gasteiger partial charge in [-0.1, -0.05) is 0 Å². The van der Waals surface area contributed by atoms with Crippen LogP contribution in [0.4, 0.5) is 4.20 Å². The van der Waals surface area contributed by atoms with Crippen LogP contribution in [0.15, 0.2) is 18.2 Å². The number of benzene rings is 1. The molecule has 2 N–H and O–H groups in total. The zero-order chi connectivity index (χ0) is 11.9. The topological polar surface area (TPSA) is 40.5 Å². The van der Waals surface area contributed by atoms with Gasteiger partial charge in [0.15, 0.2) is 0 Å². The average Bonchev–Trinajstić information content (AvgIpc) is 2.00. The van der Waals surface area contributed by atoms with Gasteiger partial charge in [0.2, 0.25) is 0 Å². The summed E-state index contributed by atoms with van der Waals surface area (Å²) in [6, 6.07) is 4.98. The molecule has 0 bridgehead atoms. The molecule has 0 amide bonds. The van der Waals surface area contributed by atoms with Gasteiger partial charge in [0, 0.05) is 0 Å². The molecule has 0 unspecified atom stereocenters. The third-order valence-electron chi connectivity index (χ3n) is 2.33. The van der Waals surface area contributed by atoms with E-state index in [1.807, 2.05) is 33.8 Å². The summed E-state index contributed by atoms with van der Waals surface area (Å²) >= 11 is 0. The van der Waals surface area contributed by atoms with E-state index < -0.39 is 8.03 Å². The molecule has 86 valence electrons. The third kappa shape index (κ3) is 2.97. The molecule has 0 saturated carbocycles. The molecule has 0 spiro atoms. The Morgan fingerprint density at radius 3 is 2.13 bits per heavy atom. The fraction of sp³-hybridized carbons (Fsp3) is 0.455. The van der Waals surface area contributed by atoms with Crippen molar-refractivity contribution in [1.82, 2.24) is 0 Å². The van der Waals surface area contributed by atoms with Gasteiger partial charge in [-0.2, -0.15) is 0 Å². The zero-order valence-corrected chi connectivity index (χ0v) is 10.5. The van der Waals surface area contributed by atoms with Gasteiger partial charge in [0.05, 0.1) is 0 Å². The van der Waals surface area contributed by atoms with Gasteiger partial charge >= 0.3 is 89.8 Å². The zero-order valence-electron chi connectivity index (χ0n) is 9.50. The summed E-state index contributed by atoms with van der Waals surface area (Å²) in [5.41, 5.74) is 1.36.